The number of nitrogen functional groups attached to an aromatic ring is 1. The molecule has 4 aromatic rings. The van der Waals surface area contributed by atoms with E-state index in [0.717, 1.165) is 28.1 Å². The highest BCUT2D eigenvalue weighted by molar-refractivity contribution is 5.91. The van der Waals surface area contributed by atoms with Crippen LogP contribution in [0.25, 0.3) is 22.3 Å². The van der Waals surface area contributed by atoms with Crippen molar-refractivity contribution < 1.29 is 0 Å². The first-order valence-electron chi connectivity index (χ1n) is 9.58. The van der Waals surface area contributed by atoms with Gasteiger partial charge >= 0.3 is 0 Å². The maximum absolute atomic E-state index is 8.87. The molecule has 0 bridgehead atoms. The van der Waals surface area contributed by atoms with E-state index in [0.29, 0.717) is 30.2 Å². The first kappa shape index (κ1) is 19.2. The number of nitriles is 1. The highest BCUT2D eigenvalue weighted by Crippen LogP contribution is 2.27. The first-order valence-corrected chi connectivity index (χ1v) is 9.58. The normalized spacial score (nSPS) is 10.5. The van der Waals surface area contributed by atoms with Crippen molar-refractivity contribution in [2.24, 2.45) is 0 Å². The highest BCUT2D eigenvalue weighted by atomic mass is 15.2. The molecule has 7 nitrogen and oxygen atoms in total. The van der Waals surface area contributed by atoms with Gasteiger partial charge in [0, 0.05) is 43.0 Å². The molecule has 3 N–H and O–H groups in total. The average molecular weight is 395 g/mol. The third-order valence-corrected chi connectivity index (χ3v) is 4.76. The number of fused-ring (bicyclic) bond motifs is 1. The zero-order chi connectivity index (χ0) is 20.9. The Morgan fingerprint density at radius 1 is 1.03 bits per heavy atom. The lowest BCUT2D eigenvalue weighted by Gasteiger charge is -2.21. The van der Waals surface area contributed by atoms with Gasteiger partial charge in [0.1, 0.15) is 17.7 Å². The Morgan fingerprint density at radius 3 is 2.57 bits per heavy atom. The summed E-state index contributed by atoms with van der Waals surface area (Å²) in [5.41, 5.74) is 8.88. The minimum absolute atomic E-state index is 0.542. The number of pyridine rings is 1. The molecule has 0 aliphatic carbocycles. The Kier molecular flexibility index (Phi) is 5.39. The molecule has 0 saturated heterocycles. The predicted molar refractivity (Wildman–Crippen MR) is 120 cm³/mol. The fraction of sp³-hybridized carbons (Fsp3) is 0.130. The number of nitrogens with one attached hydrogen (secondary N) is 1. The van der Waals surface area contributed by atoms with E-state index in [2.05, 4.69) is 21.3 Å². The second-order valence-electron chi connectivity index (χ2n) is 6.90. The van der Waals surface area contributed by atoms with Crippen LogP contribution in [0.15, 0.2) is 66.9 Å². The van der Waals surface area contributed by atoms with Crippen molar-refractivity contribution in [3.63, 3.8) is 0 Å². The van der Waals surface area contributed by atoms with Crippen LogP contribution in [-0.4, -0.2) is 35.1 Å². The molecule has 0 fully saturated rings. The molecule has 0 saturated carbocycles. The van der Waals surface area contributed by atoms with Crippen LogP contribution in [0.4, 0.5) is 17.3 Å². The molecule has 30 heavy (non-hydrogen) atoms. The van der Waals surface area contributed by atoms with Gasteiger partial charge in [0.25, 0.3) is 0 Å². The van der Waals surface area contributed by atoms with Crippen LogP contribution < -0.4 is 16.0 Å². The molecule has 2 aromatic heterocycles. The van der Waals surface area contributed by atoms with E-state index >= 15 is 0 Å². The minimum atomic E-state index is 0.542. The fourth-order valence-corrected chi connectivity index (χ4v) is 3.13. The number of anilines is 3. The van der Waals surface area contributed by atoms with Crippen LogP contribution >= 0.6 is 0 Å². The second kappa shape index (κ2) is 8.45. The zero-order valence-electron chi connectivity index (χ0n) is 16.6. The summed E-state index contributed by atoms with van der Waals surface area (Å²) in [6.45, 7) is 1.38. The summed E-state index contributed by atoms with van der Waals surface area (Å²) in [6, 6.07) is 21.2. The number of hydrogen-bond acceptors (Lipinski definition) is 7. The second-order valence-corrected chi connectivity index (χ2v) is 6.90. The van der Waals surface area contributed by atoms with Crippen LogP contribution in [0.3, 0.4) is 0 Å². The Hall–Kier alpha value is -4.18. The predicted octanol–water partition coefficient (Wildman–Crippen LogP) is 3.69. The number of nitrogens with two attached hydrogens (primary N) is 1. The average Bonchev–Trinajstić information content (AvgIpc) is 2.79. The van der Waals surface area contributed by atoms with E-state index < -0.39 is 0 Å². The van der Waals surface area contributed by atoms with Crippen molar-refractivity contribution >= 4 is 28.2 Å². The highest BCUT2D eigenvalue weighted by Gasteiger charge is 2.12. The summed E-state index contributed by atoms with van der Waals surface area (Å²) in [5, 5.41) is 13.1. The molecule has 4 rings (SSSR count). The van der Waals surface area contributed by atoms with Crippen molar-refractivity contribution in [2.75, 3.05) is 36.1 Å². The number of para-hydroxylation sites is 1. The van der Waals surface area contributed by atoms with Gasteiger partial charge in [-0.2, -0.15) is 5.26 Å². The maximum Gasteiger partial charge on any atom is 0.162 e. The largest absolute Gasteiger partial charge is 0.399 e. The molecule has 0 amide bonds. The van der Waals surface area contributed by atoms with Crippen molar-refractivity contribution in [2.45, 2.75) is 0 Å². The molecular weight excluding hydrogens is 374 g/mol. The lowest BCUT2D eigenvalue weighted by atomic mass is 10.1. The summed E-state index contributed by atoms with van der Waals surface area (Å²) in [5.74, 6) is 2.26. The van der Waals surface area contributed by atoms with Crippen LogP contribution in [0.2, 0.25) is 0 Å². The lowest BCUT2D eigenvalue weighted by Crippen LogP contribution is -2.26. The Balaban J connectivity index is 1.56. The van der Waals surface area contributed by atoms with Gasteiger partial charge in [-0.3, -0.25) is 0 Å². The Bertz CT molecular complexity index is 1200. The van der Waals surface area contributed by atoms with E-state index in [-0.39, 0.29) is 0 Å². The third kappa shape index (κ3) is 4.13. The van der Waals surface area contributed by atoms with Crippen molar-refractivity contribution in [1.82, 2.24) is 15.0 Å². The number of likely N-dealkylation sites (N-methyl/N-ethyl adjacent to an activating group) is 1. The van der Waals surface area contributed by atoms with E-state index in [1.807, 2.05) is 55.6 Å². The molecular formula is C23H21N7. The van der Waals surface area contributed by atoms with E-state index in [1.54, 1.807) is 18.3 Å². The molecule has 7 heteroatoms. The Labute approximate surface area is 174 Å². The van der Waals surface area contributed by atoms with E-state index in [9.17, 15) is 0 Å². The molecule has 0 spiro atoms. The van der Waals surface area contributed by atoms with Gasteiger partial charge in [-0.25, -0.2) is 15.0 Å². The molecule has 148 valence electrons. The third-order valence-electron chi connectivity index (χ3n) is 4.76. The molecule has 0 aliphatic rings. The molecule has 0 atom stereocenters. The van der Waals surface area contributed by atoms with Gasteiger partial charge in [-0.05, 0) is 48.5 Å². The van der Waals surface area contributed by atoms with Gasteiger partial charge in [0.05, 0.1) is 11.1 Å². The van der Waals surface area contributed by atoms with Gasteiger partial charge < -0.3 is 16.0 Å². The quantitative estimate of drug-likeness (QED) is 0.480. The topological polar surface area (TPSA) is 104 Å². The summed E-state index contributed by atoms with van der Waals surface area (Å²) in [6.07, 6.45) is 1.56. The molecule has 0 unspecified atom stereocenters. The van der Waals surface area contributed by atoms with Crippen LogP contribution in [0, 0.1) is 11.3 Å². The van der Waals surface area contributed by atoms with Crippen molar-refractivity contribution in [3.05, 3.63) is 72.4 Å². The first-order chi connectivity index (χ1) is 14.6. The standard InChI is InChI=1S/C23H21N7/c1-30(13-12-26-21-11-6-16(14-24)15-27-21)23-19-4-2-3-5-20(19)28-22(29-23)17-7-9-18(25)10-8-17/h2-11,15H,12-13,25H2,1H3,(H,26,27). The van der Waals surface area contributed by atoms with E-state index in [4.69, 9.17) is 21.0 Å². The number of hydrogen-bond donors (Lipinski definition) is 2. The van der Waals surface area contributed by atoms with Crippen LogP contribution in [-0.2, 0) is 0 Å². The van der Waals surface area contributed by atoms with Crippen LogP contribution in [0.1, 0.15) is 5.56 Å². The molecule has 2 heterocycles. The number of rotatable bonds is 6. The molecule has 2 aromatic carbocycles. The van der Waals surface area contributed by atoms with Gasteiger partial charge in [-0.15, -0.1) is 0 Å². The Morgan fingerprint density at radius 2 is 1.83 bits per heavy atom. The summed E-state index contributed by atoms with van der Waals surface area (Å²) >= 11 is 0. The fourth-order valence-electron chi connectivity index (χ4n) is 3.13. The summed E-state index contributed by atoms with van der Waals surface area (Å²) in [7, 11) is 2.01. The van der Waals surface area contributed by atoms with Gasteiger partial charge in [-0.1, -0.05) is 12.1 Å². The number of aromatic nitrogens is 3. The minimum Gasteiger partial charge on any atom is -0.399 e. The monoisotopic (exact) mass is 395 g/mol. The van der Waals surface area contributed by atoms with Crippen molar-refractivity contribution in [3.8, 4) is 17.5 Å². The van der Waals surface area contributed by atoms with Gasteiger partial charge in [0.15, 0.2) is 5.82 Å². The lowest BCUT2D eigenvalue weighted by molar-refractivity contribution is 0.893. The maximum atomic E-state index is 8.87. The number of benzene rings is 2. The smallest absolute Gasteiger partial charge is 0.162 e. The van der Waals surface area contributed by atoms with E-state index in [1.165, 1.54) is 0 Å². The molecule has 0 radical (unpaired) electrons. The summed E-state index contributed by atoms with van der Waals surface area (Å²) < 4.78 is 0. The number of nitrogens with zero attached hydrogens (tertiary/aromatic N) is 5. The SMILES string of the molecule is CN(CCNc1ccc(C#N)cn1)c1nc(-c2ccc(N)cc2)nc2ccccc12. The summed E-state index contributed by atoms with van der Waals surface area (Å²) in [4.78, 5) is 15.9. The van der Waals surface area contributed by atoms with Gasteiger partial charge in [0.2, 0.25) is 0 Å². The zero-order valence-corrected chi connectivity index (χ0v) is 16.6. The molecule has 0 aliphatic heterocycles. The van der Waals surface area contributed by atoms with Crippen molar-refractivity contribution in [1.29, 1.82) is 5.26 Å². The van der Waals surface area contributed by atoms with Crippen LogP contribution in [0.5, 0.6) is 0 Å².